The summed E-state index contributed by atoms with van der Waals surface area (Å²) in [6.45, 7) is 4.59. The van der Waals surface area contributed by atoms with Crippen molar-refractivity contribution < 1.29 is 38.2 Å². The number of quaternary nitrogens is 1. The van der Waals surface area contributed by atoms with E-state index in [0.29, 0.717) is 12.8 Å². The number of aliphatic carboxylic acids is 1. The Balaban J connectivity index is 4.29. The smallest absolute Gasteiger partial charge is 0.306 e. The summed E-state index contributed by atoms with van der Waals surface area (Å²) in [4.78, 5) is 37.0. The first-order valence-electron chi connectivity index (χ1n) is 24.8. The standard InChI is InChI=1S/C53H93NO7/c1-6-8-10-12-14-16-18-20-22-23-24-25-26-27-28-30-32-34-36-38-40-42-44-52(56)61-49(47-59-46-45-50(53(57)58)54(3,4)5)48-60-51(55)43-41-39-37-35-33-31-29-21-19-17-15-13-11-9-7-2/h14-17,19-22,24-25,49-50H,6-13,18,23,26-48H2,1-5H3/b16-14+,17-15+,21-19+,22-20+,25-24+. The molecule has 0 radical (unpaired) electrons. The topological polar surface area (TPSA) is 102 Å². The zero-order valence-electron chi connectivity index (χ0n) is 40.1. The minimum absolute atomic E-state index is 0.0331. The van der Waals surface area contributed by atoms with Crippen LogP contribution >= 0.6 is 0 Å². The lowest BCUT2D eigenvalue weighted by molar-refractivity contribution is -0.889. The maximum absolute atomic E-state index is 12.8. The first kappa shape index (κ1) is 58.0. The van der Waals surface area contributed by atoms with Gasteiger partial charge in [0.15, 0.2) is 6.10 Å². The van der Waals surface area contributed by atoms with Crippen LogP contribution in [0.2, 0.25) is 0 Å². The Morgan fingerprint density at radius 3 is 1.38 bits per heavy atom. The van der Waals surface area contributed by atoms with Crippen molar-refractivity contribution in [2.45, 2.75) is 219 Å². The molecule has 2 unspecified atom stereocenters. The summed E-state index contributed by atoms with van der Waals surface area (Å²) in [5.74, 6) is -1.76. The molecule has 0 aliphatic carbocycles. The van der Waals surface area contributed by atoms with Crippen molar-refractivity contribution in [3.63, 3.8) is 0 Å². The molecule has 0 N–H and O–H groups in total. The molecule has 0 saturated carbocycles. The van der Waals surface area contributed by atoms with Crippen molar-refractivity contribution in [2.75, 3.05) is 41.0 Å². The highest BCUT2D eigenvalue weighted by Crippen LogP contribution is 2.14. The zero-order chi connectivity index (χ0) is 44.9. The van der Waals surface area contributed by atoms with Gasteiger partial charge in [-0.15, -0.1) is 0 Å². The van der Waals surface area contributed by atoms with Gasteiger partial charge in [-0.05, 0) is 77.0 Å². The molecule has 352 valence electrons. The van der Waals surface area contributed by atoms with Gasteiger partial charge in [0.05, 0.1) is 40.3 Å². The molecule has 0 amide bonds. The number of allylic oxidation sites excluding steroid dienone is 10. The zero-order valence-corrected chi connectivity index (χ0v) is 40.1. The Hall–Kier alpha value is -2.97. The molecule has 8 nitrogen and oxygen atoms in total. The van der Waals surface area contributed by atoms with E-state index in [1.54, 1.807) is 21.1 Å². The number of carbonyl (C=O) groups excluding carboxylic acids is 3. The Kier molecular flexibility index (Phi) is 41.5. The van der Waals surface area contributed by atoms with Crippen LogP contribution in [0.15, 0.2) is 60.8 Å². The van der Waals surface area contributed by atoms with Crippen LogP contribution < -0.4 is 5.11 Å². The van der Waals surface area contributed by atoms with Gasteiger partial charge in [-0.1, -0.05) is 171 Å². The molecule has 0 aromatic carbocycles. The van der Waals surface area contributed by atoms with Gasteiger partial charge in [0.25, 0.3) is 0 Å². The van der Waals surface area contributed by atoms with Gasteiger partial charge in [0.1, 0.15) is 12.6 Å². The van der Waals surface area contributed by atoms with E-state index < -0.39 is 18.1 Å². The Morgan fingerprint density at radius 1 is 0.508 bits per heavy atom. The number of likely N-dealkylation sites (N-methyl/N-ethyl adjacent to an activating group) is 1. The van der Waals surface area contributed by atoms with Crippen LogP contribution in [0.4, 0.5) is 0 Å². The summed E-state index contributed by atoms with van der Waals surface area (Å²) < 4.78 is 17.2. The van der Waals surface area contributed by atoms with Gasteiger partial charge >= 0.3 is 11.9 Å². The lowest BCUT2D eigenvalue weighted by Crippen LogP contribution is -2.55. The second-order valence-electron chi connectivity index (χ2n) is 17.7. The van der Waals surface area contributed by atoms with Crippen molar-refractivity contribution in [2.24, 2.45) is 0 Å². The van der Waals surface area contributed by atoms with Crippen molar-refractivity contribution >= 4 is 17.9 Å². The van der Waals surface area contributed by atoms with E-state index in [9.17, 15) is 19.5 Å². The average Bonchev–Trinajstić information content (AvgIpc) is 3.22. The number of esters is 2. The molecule has 0 heterocycles. The summed E-state index contributed by atoms with van der Waals surface area (Å²) >= 11 is 0. The summed E-state index contributed by atoms with van der Waals surface area (Å²) in [5.41, 5.74) is 0. The van der Waals surface area contributed by atoms with Crippen molar-refractivity contribution in [3.05, 3.63) is 60.8 Å². The van der Waals surface area contributed by atoms with E-state index in [1.165, 1.54) is 96.3 Å². The van der Waals surface area contributed by atoms with E-state index in [-0.39, 0.29) is 42.7 Å². The van der Waals surface area contributed by atoms with Gasteiger partial charge in [0.2, 0.25) is 0 Å². The number of hydrogen-bond acceptors (Lipinski definition) is 7. The molecule has 0 rings (SSSR count). The van der Waals surface area contributed by atoms with Crippen LogP contribution in [0, 0.1) is 0 Å². The highest BCUT2D eigenvalue weighted by Gasteiger charge is 2.25. The second kappa shape index (κ2) is 43.7. The van der Waals surface area contributed by atoms with Gasteiger partial charge < -0.3 is 28.6 Å². The van der Waals surface area contributed by atoms with Crippen LogP contribution in [0.1, 0.15) is 206 Å². The van der Waals surface area contributed by atoms with Crippen LogP contribution in [-0.4, -0.2) is 75.5 Å². The fourth-order valence-electron chi connectivity index (χ4n) is 7.01. The molecule has 0 saturated heterocycles. The molecule has 2 atom stereocenters. The first-order chi connectivity index (χ1) is 29.6. The van der Waals surface area contributed by atoms with E-state index >= 15 is 0 Å². The predicted octanol–water partition coefficient (Wildman–Crippen LogP) is 12.8. The fraction of sp³-hybridized carbons (Fsp3) is 0.755. The lowest BCUT2D eigenvalue weighted by atomic mass is 10.1. The lowest BCUT2D eigenvalue weighted by Gasteiger charge is -2.34. The molecule has 0 aromatic heterocycles. The molecule has 8 heteroatoms. The molecule has 0 aromatic rings. The van der Waals surface area contributed by atoms with Crippen molar-refractivity contribution in [1.29, 1.82) is 0 Å². The quantitative estimate of drug-likeness (QED) is 0.0198. The molecule has 0 aliphatic heterocycles. The normalized spacial score (nSPS) is 13.4. The van der Waals surface area contributed by atoms with Crippen molar-refractivity contribution in [1.82, 2.24) is 0 Å². The van der Waals surface area contributed by atoms with Crippen molar-refractivity contribution in [3.8, 4) is 0 Å². The number of rotatable bonds is 44. The Bertz CT molecular complexity index is 1180. The minimum Gasteiger partial charge on any atom is -0.544 e. The fourth-order valence-corrected chi connectivity index (χ4v) is 7.01. The number of nitrogens with zero attached hydrogens (tertiary/aromatic N) is 1. The van der Waals surface area contributed by atoms with Gasteiger partial charge in [-0.3, -0.25) is 9.59 Å². The van der Waals surface area contributed by atoms with Crippen LogP contribution in [-0.2, 0) is 28.6 Å². The molecular formula is C53H93NO7. The number of ether oxygens (including phenoxy) is 3. The summed E-state index contributed by atoms with van der Waals surface area (Å²) in [7, 11) is 5.40. The molecule has 0 fully saturated rings. The third kappa shape index (κ3) is 42.1. The molecule has 0 bridgehead atoms. The van der Waals surface area contributed by atoms with Gasteiger partial charge in [-0.25, -0.2) is 0 Å². The van der Waals surface area contributed by atoms with Gasteiger partial charge in [0, 0.05) is 19.3 Å². The molecule has 0 spiro atoms. The van der Waals surface area contributed by atoms with E-state index in [2.05, 4.69) is 74.6 Å². The van der Waals surface area contributed by atoms with E-state index in [0.717, 1.165) is 77.0 Å². The summed E-state index contributed by atoms with van der Waals surface area (Å²) in [6.07, 6.45) is 53.8. The number of hydrogen-bond donors (Lipinski definition) is 0. The maximum atomic E-state index is 12.8. The Labute approximate surface area is 375 Å². The third-order valence-electron chi connectivity index (χ3n) is 10.9. The minimum atomic E-state index is -1.13. The average molecular weight is 856 g/mol. The van der Waals surface area contributed by atoms with E-state index in [4.69, 9.17) is 14.2 Å². The second-order valence-corrected chi connectivity index (χ2v) is 17.7. The summed E-state index contributed by atoms with van der Waals surface area (Å²) in [6, 6.07) is -0.731. The number of carboxylic acid groups (broad SMARTS) is 1. The molecular weight excluding hydrogens is 763 g/mol. The van der Waals surface area contributed by atoms with Crippen LogP contribution in [0.25, 0.3) is 0 Å². The van der Waals surface area contributed by atoms with Crippen LogP contribution in [0.3, 0.4) is 0 Å². The summed E-state index contributed by atoms with van der Waals surface area (Å²) in [5, 5.41) is 11.7. The van der Waals surface area contributed by atoms with E-state index in [1.807, 2.05) is 0 Å². The third-order valence-corrected chi connectivity index (χ3v) is 10.9. The van der Waals surface area contributed by atoms with Crippen LogP contribution in [0.5, 0.6) is 0 Å². The monoisotopic (exact) mass is 856 g/mol. The number of carbonyl (C=O) groups is 3. The van der Waals surface area contributed by atoms with Gasteiger partial charge in [-0.2, -0.15) is 0 Å². The number of carboxylic acids is 1. The largest absolute Gasteiger partial charge is 0.544 e. The molecule has 61 heavy (non-hydrogen) atoms. The number of unbranched alkanes of at least 4 members (excludes halogenated alkanes) is 21. The predicted molar refractivity (Wildman–Crippen MR) is 254 cm³/mol. The maximum Gasteiger partial charge on any atom is 0.306 e. The first-order valence-corrected chi connectivity index (χ1v) is 24.8. The SMILES string of the molecule is CCCCC/C=C/C=C/CCCCCCCCC(=O)OCC(COCCC(C(=O)[O-])[N+](C)(C)C)OC(=O)CCCCCCCCCCC/C=C/C/C=C/C/C=C/CCCCC. The Morgan fingerprint density at radius 2 is 0.918 bits per heavy atom. The highest BCUT2D eigenvalue weighted by atomic mass is 16.6. The highest BCUT2D eigenvalue weighted by molar-refractivity contribution is 5.70. The molecule has 0 aliphatic rings.